The number of nitrogens with one attached hydrogen (secondary N) is 1. The molecule has 2 heterocycles. The molecule has 0 aliphatic carbocycles. The number of carbonyl (C=O) groups excluding carboxylic acids is 3. The summed E-state index contributed by atoms with van der Waals surface area (Å²) in [6.45, 7) is 3.47. The Morgan fingerprint density at radius 1 is 1.19 bits per heavy atom. The molecule has 3 rings (SSSR count). The molecule has 9 heteroatoms. The van der Waals surface area contributed by atoms with Crippen LogP contribution in [0.4, 0.5) is 10.7 Å². The minimum atomic E-state index is -0.398. The van der Waals surface area contributed by atoms with Crippen LogP contribution in [-0.2, 0) is 38.5 Å². The lowest BCUT2D eigenvalue weighted by molar-refractivity contribution is -0.143. The molecule has 0 fully saturated rings. The Hall–Kier alpha value is -3.07. The molecule has 3 N–H and O–H groups in total. The van der Waals surface area contributed by atoms with Gasteiger partial charge in [0.25, 0.3) is 0 Å². The third-order valence-electron chi connectivity index (χ3n) is 5.37. The molecule has 8 nitrogen and oxygen atoms in total. The van der Waals surface area contributed by atoms with Crippen molar-refractivity contribution in [3.63, 3.8) is 0 Å². The maximum Gasteiger partial charge on any atom is 0.306 e. The van der Waals surface area contributed by atoms with E-state index in [0.717, 1.165) is 21.8 Å². The topological polar surface area (TPSA) is 111 Å². The molecule has 0 radical (unpaired) electrons. The number of ether oxygens (including phenoxy) is 2. The van der Waals surface area contributed by atoms with Gasteiger partial charge in [0.2, 0.25) is 11.8 Å². The van der Waals surface area contributed by atoms with Crippen molar-refractivity contribution in [2.24, 2.45) is 0 Å². The molecule has 0 spiro atoms. The van der Waals surface area contributed by atoms with E-state index in [4.69, 9.17) is 10.5 Å². The molecule has 1 aliphatic rings. The van der Waals surface area contributed by atoms with Crippen molar-refractivity contribution in [1.29, 1.82) is 0 Å². The van der Waals surface area contributed by atoms with Crippen molar-refractivity contribution in [1.82, 2.24) is 4.90 Å². The van der Waals surface area contributed by atoms with Crippen LogP contribution in [0.5, 0.6) is 5.75 Å². The van der Waals surface area contributed by atoms with E-state index in [2.05, 4.69) is 10.1 Å². The Bertz CT molecular complexity index is 988. The SMILES string of the molecule is CCOc1ccccc1CCC(=O)Nc1sc2c(c1N)CCN(C(=O)CCC(=O)OC)C2. The van der Waals surface area contributed by atoms with Crippen LogP contribution in [0.3, 0.4) is 0 Å². The average Bonchev–Trinajstić information content (AvgIpc) is 3.11. The van der Waals surface area contributed by atoms with E-state index in [1.807, 2.05) is 31.2 Å². The van der Waals surface area contributed by atoms with Crippen molar-refractivity contribution in [3.8, 4) is 5.75 Å². The molecule has 2 amide bonds. The monoisotopic (exact) mass is 459 g/mol. The van der Waals surface area contributed by atoms with E-state index in [1.54, 1.807) is 4.90 Å². The van der Waals surface area contributed by atoms with Gasteiger partial charge < -0.3 is 25.4 Å². The number of rotatable bonds is 9. The molecular weight excluding hydrogens is 430 g/mol. The standard InChI is InChI=1S/C23H29N3O5S/c1-3-31-17-7-5-4-6-15(17)8-9-19(27)25-23-22(24)16-12-13-26(14-18(16)32-23)20(28)10-11-21(29)30-2/h4-7H,3,8-14,24H2,1-2H3,(H,25,27). The van der Waals surface area contributed by atoms with Crippen molar-refractivity contribution < 1.29 is 23.9 Å². The number of nitrogens with two attached hydrogens (primary N) is 1. The number of carbonyl (C=O) groups is 3. The van der Waals surface area contributed by atoms with Crippen LogP contribution in [0.1, 0.15) is 42.2 Å². The second-order valence-electron chi connectivity index (χ2n) is 7.48. The summed E-state index contributed by atoms with van der Waals surface area (Å²) in [5.41, 5.74) is 8.85. The first-order valence-corrected chi connectivity index (χ1v) is 11.5. The Balaban J connectivity index is 1.58. The number of para-hydroxylation sites is 1. The molecule has 1 aromatic carbocycles. The maximum absolute atomic E-state index is 12.6. The molecule has 172 valence electrons. The highest BCUT2D eigenvalue weighted by Crippen LogP contribution is 2.39. The zero-order chi connectivity index (χ0) is 23.1. The molecule has 1 aliphatic heterocycles. The number of amides is 2. The van der Waals surface area contributed by atoms with Gasteiger partial charge in [0.15, 0.2) is 0 Å². The van der Waals surface area contributed by atoms with Gasteiger partial charge in [-0.1, -0.05) is 18.2 Å². The van der Waals surface area contributed by atoms with Crippen molar-refractivity contribution in [2.45, 2.75) is 45.6 Å². The predicted molar refractivity (Wildman–Crippen MR) is 124 cm³/mol. The molecular formula is C23H29N3O5S. The Kier molecular flexibility index (Phi) is 8.10. The highest BCUT2D eigenvalue weighted by molar-refractivity contribution is 7.17. The van der Waals surface area contributed by atoms with Crippen LogP contribution in [-0.4, -0.2) is 42.9 Å². The molecule has 0 saturated carbocycles. The first-order valence-electron chi connectivity index (χ1n) is 10.7. The Morgan fingerprint density at radius 3 is 2.72 bits per heavy atom. The molecule has 0 saturated heterocycles. The zero-order valence-electron chi connectivity index (χ0n) is 18.4. The first-order chi connectivity index (χ1) is 15.4. The number of anilines is 2. The third kappa shape index (κ3) is 5.79. The summed E-state index contributed by atoms with van der Waals surface area (Å²) < 4.78 is 10.2. The summed E-state index contributed by atoms with van der Waals surface area (Å²) in [6, 6.07) is 7.71. The van der Waals surface area contributed by atoms with Gasteiger partial charge >= 0.3 is 5.97 Å². The fourth-order valence-corrected chi connectivity index (χ4v) is 4.85. The average molecular weight is 460 g/mol. The van der Waals surface area contributed by atoms with Gasteiger partial charge in [0, 0.05) is 24.3 Å². The van der Waals surface area contributed by atoms with Crippen LogP contribution in [0, 0.1) is 0 Å². The van der Waals surface area contributed by atoms with E-state index in [1.165, 1.54) is 18.4 Å². The molecule has 2 aromatic rings. The minimum absolute atomic E-state index is 0.0685. The normalized spacial score (nSPS) is 12.8. The Morgan fingerprint density at radius 2 is 1.97 bits per heavy atom. The number of esters is 1. The molecule has 0 unspecified atom stereocenters. The summed E-state index contributed by atoms with van der Waals surface area (Å²) in [4.78, 5) is 38.9. The largest absolute Gasteiger partial charge is 0.494 e. The van der Waals surface area contributed by atoms with Crippen LogP contribution in [0.2, 0.25) is 0 Å². The number of fused-ring (bicyclic) bond motifs is 1. The van der Waals surface area contributed by atoms with Gasteiger partial charge in [0.1, 0.15) is 10.8 Å². The van der Waals surface area contributed by atoms with Crippen LogP contribution < -0.4 is 15.8 Å². The number of thiophene rings is 1. The van der Waals surface area contributed by atoms with Gasteiger partial charge in [-0.15, -0.1) is 11.3 Å². The van der Waals surface area contributed by atoms with Crippen molar-refractivity contribution in [3.05, 3.63) is 40.3 Å². The van der Waals surface area contributed by atoms with E-state index >= 15 is 0 Å². The fourth-order valence-electron chi connectivity index (χ4n) is 3.65. The number of nitrogen functional groups attached to an aromatic ring is 1. The van der Waals surface area contributed by atoms with Gasteiger partial charge in [0.05, 0.1) is 32.4 Å². The van der Waals surface area contributed by atoms with Crippen molar-refractivity contribution >= 4 is 39.8 Å². The zero-order valence-corrected chi connectivity index (χ0v) is 19.3. The predicted octanol–water partition coefficient (Wildman–Crippen LogP) is 3.14. The summed E-state index contributed by atoms with van der Waals surface area (Å²) in [7, 11) is 1.31. The smallest absolute Gasteiger partial charge is 0.306 e. The van der Waals surface area contributed by atoms with Crippen LogP contribution >= 0.6 is 11.3 Å². The van der Waals surface area contributed by atoms with Gasteiger partial charge in [-0.25, -0.2) is 0 Å². The third-order valence-corrected chi connectivity index (χ3v) is 6.52. The molecule has 32 heavy (non-hydrogen) atoms. The number of hydrogen-bond donors (Lipinski definition) is 2. The second-order valence-corrected chi connectivity index (χ2v) is 8.58. The van der Waals surface area contributed by atoms with E-state index in [9.17, 15) is 14.4 Å². The van der Waals surface area contributed by atoms with Gasteiger partial charge in [-0.2, -0.15) is 0 Å². The molecule has 0 atom stereocenters. The van der Waals surface area contributed by atoms with Gasteiger partial charge in [-0.3, -0.25) is 14.4 Å². The van der Waals surface area contributed by atoms with Crippen LogP contribution in [0.15, 0.2) is 24.3 Å². The number of methoxy groups -OCH3 is 1. The number of aryl methyl sites for hydroxylation is 1. The van der Waals surface area contributed by atoms with Crippen molar-refractivity contribution in [2.75, 3.05) is 31.3 Å². The van der Waals surface area contributed by atoms with E-state index < -0.39 is 5.97 Å². The lowest BCUT2D eigenvalue weighted by Crippen LogP contribution is -2.35. The number of hydrogen-bond acceptors (Lipinski definition) is 7. The summed E-state index contributed by atoms with van der Waals surface area (Å²) in [6.07, 6.45) is 1.69. The summed E-state index contributed by atoms with van der Waals surface area (Å²) in [5.74, 6) is 0.190. The lowest BCUT2D eigenvalue weighted by Gasteiger charge is -2.27. The quantitative estimate of drug-likeness (QED) is 0.558. The Labute approximate surface area is 191 Å². The lowest BCUT2D eigenvalue weighted by atomic mass is 10.1. The maximum atomic E-state index is 12.6. The van der Waals surface area contributed by atoms with Crippen LogP contribution in [0.25, 0.3) is 0 Å². The highest BCUT2D eigenvalue weighted by atomic mass is 32.1. The molecule has 1 aromatic heterocycles. The second kappa shape index (κ2) is 11.0. The van der Waals surface area contributed by atoms with E-state index in [0.29, 0.717) is 49.6 Å². The minimum Gasteiger partial charge on any atom is -0.494 e. The fraction of sp³-hybridized carbons (Fsp3) is 0.435. The number of benzene rings is 1. The summed E-state index contributed by atoms with van der Waals surface area (Å²) >= 11 is 1.41. The van der Waals surface area contributed by atoms with Gasteiger partial charge in [-0.05, 0) is 37.0 Å². The van der Waals surface area contributed by atoms with E-state index in [-0.39, 0.29) is 24.7 Å². The summed E-state index contributed by atoms with van der Waals surface area (Å²) in [5, 5.41) is 3.56. The first kappa shape index (κ1) is 23.6. The number of nitrogens with zero attached hydrogens (tertiary/aromatic N) is 1. The highest BCUT2D eigenvalue weighted by Gasteiger charge is 2.26. The molecule has 0 bridgehead atoms.